The van der Waals surface area contributed by atoms with Gasteiger partial charge in [-0.3, -0.25) is 4.98 Å². The summed E-state index contributed by atoms with van der Waals surface area (Å²) in [6.07, 6.45) is 2.44. The second-order valence-electron chi connectivity index (χ2n) is 5.19. The van der Waals surface area contributed by atoms with Crippen LogP contribution in [0.4, 0.5) is 5.69 Å². The van der Waals surface area contributed by atoms with Crippen molar-refractivity contribution in [3.05, 3.63) is 47.7 Å². The average Bonchev–Trinajstić information content (AvgIpc) is 2.66. The van der Waals surface area contributed by atoms with Crippen molar-refractivity contribution >= 4 is 28.5 Å². The molecule has 0 fully saturated rings. The molecule has 0 amide bonds. The zero-order valence-corrected chi connectivity index (χ0v) is 11.9. The Morgan fingerprint density at radius 3 is 2.52 bits per heavy atom. The zero-order chi connectivity index (χ0) is 16.0. The van der Waals surface area contributed by atoms with Crippen molar-refractivity contribution in [3.63, 3.8) is 0 Å². The second kappa shape index (κ2) is 4.79. The lowest BCUT2D eigenvalue weighted by atomic mass is 10.0. The molecule has 0 saturated heterocycles. The first-order chi connectivity index (χ1) is 11.1. The lowest BCUT2D eigenvalue weighted by Gasteiger charge is -2.35. The molecular formula is C16H12N2O5. The monoisotopic (exact) mass is 312 g/mol. The van der Waals surface area contributed by atoms with Crippen LogP contribution in [-0.2, 0) is 36.2 Å². The third kappa shape index (κ3) is 2.05. The number of anilines is 1. The van der Waals surface area contributed by atoms with Crippen molar-refractivity contribution in [2.24, 2.45) is 0 Å². The number of pyridine rings is 1. The molecule has 2 aliphatic heterocycles. The van der Waals surface area contributed by atoms with Crippen molar-refractivity contribution in [2.45, 2.75) is 12.4 Å². The van der Waals surface area contributed by atoms with Gasteiger partial charge in [0.05, 0.1) is 23.5 Å². The minimum Gasteiger partial charge on any atom is -0.398 e. The lowest BCUT2D eigenvalue weighted by molar-refractivity contribution is -0.356. The zero-order valence-electron chi connectivity index (χ0n) is 11.9. The van der Waals surface area contributed by atoms with Crippen molar-refractivity contribution in [1.29, 1.82) is 0 Å². The van der Waals surface area contributed by atoms with Gasteiger partial charge in [0.25, 0.3) is 0 Å². The number of rotatable bonds is 0. The number of hydrogen-bond donors (Lipinski definition) is 1. The summed E-state index contributed by atoms with van der Waals surface area (Å²) in [6, 6.07) is 7.29. The van der Waals surface area contributed by atoms with E-state index in [1.165, 1.54) is 0 Å². The van der Waals surface area contributed by atoms with Crippen LogP contribution < -0.4 is 5.73 Å². The third-order valence-electron chi connectivity index (χ3n) is 3.77. The molecule has 2 N–H and O–H groups in total. The smallest absolute Gasteiger partial charge is 0.398 e. The molecule has 116 valence electrons. The molecule has 1 aromatic heterocycles. The molecule has 7 nitrogen and oxygen atoms in total. The van der Waals surface area contributed by atoms with Gasteiger partial charge < -0.3 is 19.9 Å². The van der Waals surface area contributed by atoms with Gasteiger partial charge in [0, 0.05) is 24.0 Å². The van der Waals surface area contributed by atoms with E-state index in [0.29, 0.717) is 28.7 Å². The first kappa shape index (κ1) is 13.7. The van der Waals surface area contributed by atoms with E-state index in [2.05, 4.69) is 4.98 Å². The quantitative estimate of drug-likeness (QED) is 0.728. The van der Waals surface area contributed by atoms with Gasteiger partial charge in [-0.25, -0.2) is 9.59 Å². The molecule has 0 saturated carbocycles. The van der Waals surface area contributed by atoms with Gasteiger partial charge in [-0.05, 0) is 6.07 Å². The third-order valence-corrected chi connectivity index (χ3v) is 3.77. The lowest BCUT2D eigenvalue weighted by Crippen LogP contribution is -2.43. The molecule has 4 rings (SSSR count). The Kier molecular flexibility index (Phi) is 2.85. The number of aromatic nitrogens is 1. The van der Waals surface area contributed by atoms with Gasteiger partial charge in [0.1, 0.15) is 5.56 Å². The van der Waals surface area contributed by atoms with E-state index >= 15 is 0 Å². The molecule has 0 radical (unpaired) electrons. The number of esters is 2. The van der Waals surface area contributed by atoms with Crippen LogP contribution in [-0.4, -0.2) is 23.5 Å². The standard InChI is InChI=1S/C16H12N2O5/c17-15-9-3-1-2-4-10(9)18-11-7-8-21-16(14(11)15)22-12(19)5-6-13(20)23-16/h1-6H,7-8H2,(H2,17,18). The summed E-state index contributed by atoms with van der Waals surface area (Å²) in [5, 5.41) is 0.667. The van der Waals surface area contributed by atoms with Crippen molar-refractivity contribution in [3.8, 4) is 0 Å². The highest BCUT2D eigenvalue weighted by molar-refractivity contribution is 5.95. The summed E-state index contributed by atoms with van der Waals surface area (Å²) >= 11 is 0. The maximum Gasteiger partial charge on any atom is 0.410 e. The van der Waals surface area contributed by atoms with Crippen LogP contribution in [0.15, 0.2) is 36.4 Å². The number of fused-ring (bicyclic) bond motifs is 3. The largest absolute Gasteiger partial charge is 0.410 e. The Balaban J connectivity index is 1.99. The minimum absolute atomic E-state index is 0.179. The summed E-state index contributed by atoms with van der Waals surface area (Å²) in [5.74, 6) is -3.50. The van der Waals surface area contributed by atoms with Crippen molar-refractivity contribution in [2.75, 3.05) is 12.3 Å². The molecule has 1 spiro atoms. The predicted molar refractivity (Wildman–Crippen MR) is 78.8 cm³/mol. The molecule has 7 heteroatoms. The van der Waals surface area contributed by atoms with Gasteiger partial charge in [0.2, 0.25) is 0 Å². The van der Waals surface area contributed by atoms with E-state index in [4.69, 9.17) is 19.9 Å². The highest BCUT2D eigenvalue weighted by Crippen LogP contribution is 2.42. The number of nitrogens with zero attached hydrogens (tertiary/aromatic N) is 1. The number of para-hydroxylation sites is 1. The van der Waals surface area contributed by atoms with Crippen molar-refractivity contribution < 1.29 is 23.8 Å². The highest BCUT2D eigenvalue weighted by atomic mass is 16.9. The SMILES string of the molecule is Nc1c2c(nc3ccccc13)CCOC21OC(=O)C=CC(=O)O1. The molecule has 0 atom stereocenters. The Labute approximate surface area is 130 Å². The molecule has 23 heavy (non-hydrogen) atoms. The normalized spacial score (nSPS) is 19.1. The number of hydrogen-bond acceptors (Lipinski definition) is 7. The van der Waals surface area contributed by atoms with E-state index < -0.39 is 17.9 Å². The Morgan fingerprint density at radius 1 is 1.09 bits per heavy atom. The average molecular weight is 312 g/mol. The van der Waals surface area contributed by atoms with E-state index in [1.54, 1.807) is 6.07 Å². The fourth-order valence-electron chi connectivity index (χ4n) is 2.82. The molecule has 0 unspecified atom stereocenters. The maximum absolute atomic E-state index is 11.8. The summed E-state index contributed by atoms with van der Waals surface area (Å²) in [4.78, 5) is 28.2. The Hall–Kier alpha value is -2.93. The Bertz CT molecular complexity index is 854. The number of ether oxygens (including phenoxy) is 3. The van der Waals surface area contributed by atoms with Crippen molar-refractivity contribution in [1.82, 2.24) is 4.98 Å². The van der Waals surface area contributed by atoms with Crippen LogP contribution in [0, 0.1) is 0 Å². The molecule has 2 aliphatic rings. The maximum atomic E-state index is 11.8. The summed E-state index contributed by atoms with van der Waals surface area (Å²) in [7, 11) is 0. The van der Waals surface area contributed by atoms with Gasteiger partial charge in [-0.1, -0.05) is 18.2 Å². The molecular weight excluding hydrogens is 300 g/mol. The Morgan fingerprint density at radius 2 is 1.78 bits per heavy atom. The van der Waals surface area contributed by atoms with Gasteiger partial charge in [0.15, 0.2) is 0 Å². The van der Waals surface area contributed by atoms with Crippen LogP contribution in [0.25, 0.3) is 10.9 Å². The van der Waals surface area contributed by atoms with Gasteiger partial charge in [-0.2, -0.15) is 0 Å². The van der Waals surface area contributed by atoms with Crippen LogP contribution >= 0.6 is 0 Å². The molecule has 2 aromatic rings. The number of carbonyl (C=O) groups is 2. The van der Waals surface area contributed by atoms with Crippen LogP contribution in [0.5, 0.6) is 0 Å². The highest BCUT2D eigenvalue weighted by Gasteiger charge is 2.49. The molecule has 3 heterocycles. The first-order valence-electron chi connectivity index (χ1n) is 7.05. The summed E-state index contributed by atoms with van der Waals surface area (Å²) < 4.78 is 16.0. The number of benzene rings is 1. The van der Waals surface area contributed by atoms with Crippen LogP contribution in [0.3, 0.4) is 0 Å². The molecule has 1 aromatic carbocycles. The van der Waals surface area contributed by atoms with E-state index in [0.717, 1.165) is 12.2 Å². The van der Waals surface area contributed by atoms with Crippen LogP contribution in [0.2, 0.25) is 0 Å². The fraction of sp³-hybridized carbons (Fsp3) is 0.188. The number of carbonyl (C=O) groups excluding carboxylic acids is 2. The van der Waals surface area contributed by atoms with E-state index in [-0.39, 0.29) is 12.2 Å². The second-order valence-corrected chi connectivity index (χ2v) is 5.19. The summed E-state index contributed by atoms with van der Waals surface area (Å²) in [6.45, 7) is 0.179. The van der Waals surface area contributed by atoms with E-state index in [9.17, 15) is 9.59 Å². The molecule has 0 aliphatic carbocycles. The summed E-state index contributed by atoms with van der Waals surface area (Å²) in [5.41, 5.74) is 8.14. The minimum atomic E-state index is -1.99. The van der Waals surface area contributed by atoms with Gasteiger partial charge in [-0.15, -0.1) is 0 Å². The number of nitrogen functional groups attached to an aromatic ring is 1. The topological polar surface area (TPSA) is 101 Å². The first-order valence-corrected chi connectivity index (χ1v) is 7.05. The predicted octanol–water partition coefficient (Wildman–Crippen LogP) is 1.16. The van der Waals surface area contributed by atoms with Crippen LogP contribution in [0.1, 0.15) is 11.3 Å². The van der Waals surface area contributed by atoms with Gasteiger partial charge >= 0.3 is 17.9 Å². The fourth-order valence-corrected chi connectivity index (χ4v) is 2.82. The molecule has 0 bridgehead atoms. The van der Waals surface area contributed by atoms with E-state index in [1.807, 2.05) is 18.2 Å². The number of nitrogens with two attached hydrogens (primary N) is 1.